The van der Waals surface area contributed by atoms with Gasteiger partial charge in [-0.3, -0.25) is 4.79 Å². The Kier molecular flexibility index (Phi) is 5.70. The molecule has 0 spiro atoms. The molecule has 3 amide bonds. The predicted molar refractivity (Wildman–Crippen MR) is 93.1 cm³/mol. The van der Waals surface area contributed by atoms with Gasteiger partial charge in [0.15, 0.2) is 0 Å². The van der Waals surface area contributed by atoms with Crippen LogP contribution in [0.4, 0.5) is 16.2 Å². The Bertz CT molecular complexity index is 712. The van der Waals surface area contributed by atoms with Crippen molar-refractivity contribution in [2.24, 2.45) is 0 Å². The van der Waals surface area contributed by atoms with Crippen LogP contribution in [0.15, 0.2) is 24.4 Å². The van der Waals surface area contributed by atoms with Crippen molar-refractivity contribution in [2.75, 3.05) is 17.2 Å². The Hall–Kier alpha value is -2.41. The molecule has 0 saturated heterocycles. The van der Waals surface area contributed by atoms with Gasteiger partial charge in [0.05, 0.1) is 5.01 Å². The first-order chi connectivity index (χ1) is 10.9. The van der Waals surface area contributed by atoms with Gasteiger partial charge < -0.3 is 16.0 Å². The third-order valence-electron chi connectivity index (χ3n) is 3.10. The number of rotatable bonds is 5. The first kappa shape index (κ1) is 17.0. The molecular formula is C16H20N4O2S. The zero-order valence-corrected chi connectivity index (χ0v) is 14.2. The van der Waals surface area contributed by atoms with Gasteiger partial charge in [-0.25, -0.2) is 9.78 Å². The van der Waals surface area contributed by atoms with Crippen LogP contribution in [0.1, 0.15) is 22.4 Å². The molecule has 0 fully saturated rings. The van der Waals surface area contributed by atoms with E-state index in [1.54, 1.807) is 23.5 Å². The smallest absolute Gasteiger partial charge is 0.319 e. The molecule has 0 atom stereocenters. The maximum absolute atomic E-state index is 12.0. The minimum atomic E-state index is -0.277. The Morgan fingerprint density at radius 1 is 1.22 bits per heavy atom. The highest BCUT2D eigenvalue weighted by atomic mass is 32.1. The van der Waals surface area contributed by atoms with E-state index in [0.717, 1.165) is 15.4 Å². The van der Waals surface area contributed by atoms with Gasteiger partial charge in [0.2, 0.25) is 5.91 Å². The Morgan fingerprint density at radius 2 is 2.00 bits per heavy atom. The molecule has 1 aromatic carbocycles. The van der Waals surface area contributed by atoms with E-state index in [1.807, 2.05) is 26.1 Å². The molecule has 3 N–H and O–H groups in total. The molecule has 1 heterocycles. The standard InChI is InChI=1S/C16H20N4O2S/c1-10-4-5-13(19-12(3)21)8-14(10)20-16(22)17-7-6-15-18-9-11(2)23-15/h4-5,8-9H,6-7H2,1-3H3,(H,19,21)(H2,17,20,22). The van der Waals surface area contributed by atoms with Crippen LogP contribution in [0.3, 0.4) is 0 Å². The fraction of sp³-hybridized carbons (Fsp3) is 0.312. The van der Waals surface area contributed by atoms with Gasteiger partial charge in [0, 0.05) is 42.3 Å². The number of anilines is 2. The first-order valence-corrected chi connectivity index (χ1v) is 8.10. The van der Waals surface area contributed by atoms with Gasteiger partial charge >= 0.3 is 6.03 Å². The van der Waals surface area contributed by atoms with Gasteiger partial charge in [-0.15, -0.1) is 11.3 Å². The van der Waals surface area contributed by atoms with Crippen molar-refractivity contribution in [2.45, 2.75) is 27.2 Å². The zero-order chi connectivity index (χ0) is 16.8. The van der Waals surface area contributed by atoms with Crippen LogP contribution in [-0.2, 0) is 11.2 Å². The summed E-state index contributed by atoms with van der Waals surface area (Å²) in [6.45, 7) is 5.86. The first-order valence-electron chi connectivity index (χ1n) is 7.28. The van der Waals surface area contributed by atoms with Crippen molar-refractivity contribution >= 4 is 34.6 Å². The van der Waals surface area contributed by atoms with Gasteiger partial charge in [-0.05, 0) is 31.5 Å². The predicted octanol–water partition coefficient (Wildman–Crippen LogP) is 3.08. The summed E-state index contributed by atoms with van der Waals surface area (Å²) in [4.78, 5) is 28.5. The molecule has 0 saturated carbocycles. The molecule has 0 bridgehead atoms. The van der Waals surface area contributed by atoms with Crippen LogP contribution in [-0.4, -0.2) is 23.5 Å². The van der Waals surface area contributed by atoms with Crippen molar-refractivity contribution in [3.63, 3.8) is 0 Å². The largest absolute Gasteiger partial charge is 0.337 e. The summed E-state index contributed by atoms with van der Waals surface area (Å²) in [6, 6.07) is 5.10. The molecule has 0 unspecified atom stereocenters. The number of nitrogens with zero attached hydrogens (tertiary/aromatic N) is 1. The van der Waals surface area contributed by atoms with E-state index in [0.29, 0.717) is 24.3 Å². The van der Waals surface area contributed by atoms with E-state index < -0.39 is 0 Å². The average Bonchev–Trinajstić information content (AvgIpc) is 2.87. The summed E-state index contributed by atoms with van der Waals surface area (Å²) in [5, 5.41) is 9.30. The molecule has 0 aliphatic carbocycles. The number of carbonyl (C=O) groups is 2. The molecule has 2 rings (SSSR count). The van der Waals surface area contributed by atoms with Crippen LogP contribution in [0.2, 0.25) is 0 Å². The van der Waals surface area contributed by atoms with E-state index in [2.05, 4.69) is 20.9 Å². The molecule has 1 aromatic heterocycles. The Morgan fingerprint density at radius 3 is 2.65 bits per heavy atom. The van der Waals surface area contributed by atoms with Crippen molar-refractivity contribution < 1.29 is 9.59 Å². The van der Waals surface area contributed by atoms with E-state index >= 15 is 0 Å². The fourth-order valence-electron chi connectivity index (χ4n) is 2.00. The summed E-state index contributed by atoms with van der Waals surface area (Å²) in [6.07, 6.45) is 2.54. The van der Waals surface area contributed by atoms with Crippen LogP contribution in [0, 0.1) is 13.8 Å². The fourth-order valence-corrected chi connectivity index (χ4v) is 2.79. The monoisotopic (exact) mass is 332 g/mol. The number of aryl methyl sites for hydroxylation is 2. The summed E-state index contributed by atoms with van der Waals surface area (Å²) >= 11 is 1.63. The second kappa shape index (κ2) is 7.73. The lowest BCUT2D eigenvalue weighted by Gasteiger charge is -2.11. The topological polar surface area (TPSA) is 83.1 Å². The Balaban J connectivity index is 1.87. The lowest BCUT2D eigenvalue weighted by atomic mass is 10.2. The molecule has 6 nitrogen and oxygen atoms in total. The van der Waals surface area contributed by atoms with Crippen LogP contribution in [0.5, 0.6) is 0 Å². The van der Waals surface area contributed by atoms with E-state index in [4.69, 9.17) is 0 Å². The summed E-state index contributed by atoms with van der Waals surface area (Å²) < 4.78 is 0. The summed E-state index contributed by atoms with van der Waals surface area (Å²) in [7, 11) is 0. The van der Waals surface area contributed by atoms with E-state index in [9.17, 15) is 9.59 Å². The highest BCUT2D eigenvalue weighted by Gasteiger charge is 2.07. The minimum absolute atomic E-state index is 0.150. The molecule has 0 aliphatic rings. The SMILES string of the molecule is CC(=O)Nc1ccc(C)c(NC(=O)NCCc2ncc(C)s2)c1. The number of hydrogen-bond acceptors (Lipinski definition) is 4. The highest BCUT2D eigenvalue weighted by molar-refractivity contribution is 7.11. The second-order valence-electron chi connectivity index (χ2n) is 5.21. The van der Waals surface area contributed by atoms with E-state index in [1.165, 1.54) is 6.92 Å². The lowest BCUT2D eigenvalue weighted by molar-refractivity contribution is -0.114. The number of nitrogens with one attached hydrogen (secondary N) is 3. The number of benzene rings is 1. The van der Waals surface area contributed by atoms with Gasteiger partial charge in [0.25, 0.3) is 0 Å². The third kappa shape index (κ3) is 5.37. The number of urea groups is 1. The molecule has 0 radical (unpaired) electrons. The maximum Gasteiger partial charge on any atom is 0.319 e. The maximum atomic E-state index is 12.0. The van der Waals surface area contributed by atoms with Crippen molar-refractivity contribution in [3.8, 4) is 0 Å². The Labute approximate surface area is 139 Å². The number of aromatic nitrogens is 1. The van der Waals surface area contributed by atoms with Crippen LogP contribution >= 0.6 is 11.3 Å². The van der Waals surface area contributed by atoms with Gasteiger partial charge in [0.1, 0.15) is 0 Å². The van der Waals surface area contributed by atoms with Crippen LogP contribution in [0.25, 0.3) is 0 Å². The summed E-state index contributed by atoms with van der Waals surface area (Å²) in [5.41, 5.74) is 2.24. The quantitative estimate of drug-likeness (QED) is 0.787. The number of hydrogen-bond donors (Lipinski definition) is 3. The lowest BCUT2D eigenvalue weighted by Crippen LogP contribution is -2.30. The molecule has 0 aliphatic heterocycles. The number of thiazole rings is 1. The summed E-state index contributed by atoms with van der Waals surface area (Å²) in [5.74, 6) is -0.150. The number of carbonyl (C=O) groups excluding carboxylic acids is 2. The normalized spacial score (nSPS) is 10.2. The molecule has 7 heteroatoms. The molecule has 23 heavy (non-hydrogen) atoms. The van der Waals surface area contributed by atoms with Gasteiger partial charge in [-0.1, -0.05) is 6.07 Å². The third-order valence-corrected chi connectivity index (χ3v) is 4.07. The molecule has 2 aromatic rings. The minimum Gasteiger partial charge on any atom is -0.337 e. The van der Waals surface area contributed by atoms with Crippen molar-refractivity contribution in [3.05, 3.63) is 39.8 Å². The number of amides is 3. The zero-order valence-electron chi connectivity index (χ0n) is 13.4. The second-order valence-corrected chi connectivity index (χ2v) is 6.53. The molecule has 122 valence electrons. The molecular weight excluding hydrogens is 312 g/mol. The average molecular weight is 332 g/mol. The van der Waals surface area contributed by atoms with Crippen molar-refractivity contribution in [1.82, 2.24) is 10.3 Å². The van der Waals surface area contributed by atoms with E-state index in [-0.39, 0.29) is 11.9 Å². The van der Waals surface area contributed by atoms with Gasteiger partial charge in [-0.2, -0.15) is 0 Å². The van der Waals surface area contributed by atoms with Crippen LogP contribution < -0.4 is 16.0 Å². The highest BCUT2D eigenvalue weighted by Crippen LogP contribution is 2.20. The van der Waals surface area contributed by atoms with Crippen molar-refractivity contribution in [1.29, 1.82) is 0 Å².